The van der Waals surface area contributed by atoms with Crippen LogP contribution in [0.1, 0.15) is 245 Å². The van der Waals surface area contributed by atoms with Crippen LogP contribution in [0.25, 0.3) is 0 Å². The number of ether oxygens (including phenoxy) is 2. The SMILES string of the molecule is CC/C=C\C/C=C\C/C=C\C/C=C\C/C=C\C/C=C\C/C=C\C/C=C\C/C=C\C/C=C\CCCCCCCCCCC(=O)OC(COC(=O)CCCCCCCC/C=C\C/C=C\C/C=C\CCCCCCC)COP(=O)([O-])OCC[N+](C)(C)C. The minimum Gasteiger partial charge on any atom is -0.756 e. The molecule has 0 rings (SSSR count). The van der Waals surface area contributed by atoms with Gasteiger partial charge in [-0.1, -0.05) is 262 Å². The number of phosphoric acid groups is 1. The highest BCUT2D eigenvalue weighted by Crippen LogP contribution is 2.38. The Morgan fingerprint density at radius 2 is 0.679 bits per heavy atom. The lowest BCUT2D eigenvalue weighted by Crippen LogP contribution is -2.37. The van der Waals surface area contributed by atoms with Crippen molar-refractivity contribution in [1.82, 2.24) is 0 Å². The van der Waals surface area contributed by atoms with Gasteiger partial charge in [0.2, 0.25) is 0 Å². The van der Waals surface area contributed by atoms with Gasteiger partial charge in [0.25, 0.3) is 7.82 Å². The first-order valence-electron chi connectivity index (χ1n) is 33.2. The first kappa shape index (κ1) is 79.6. The van der Waals surface area contributed by atoms with Crippen molar-refractivity contribution in [2.24, 2.45) is 0 Å². The summed E-state index contributed by atoms with van der Waals surface area (Å²) in [5.41, 5.74) is 0. The summed E-state index contributed by atoms with van der Waals surface area (Å²) < 4.78 is 34.2. The summed E-state index contributed by atoms with van der Waals surface area (Å²) >= 11 is 0. The maximum atomic E-state index is 12.8. The molecule has 0 aromatic heterocycles. The molecule has 10 heteroatoms. The standard InChI is InChI=1S/C74H122NO8P/c1-6-8-10-12-14-16-18-20-22-24-26-28-29-30-31-32-33-34-35-36-37-38-39-40-41-42-43-44-45-47-49-51-53-55-57-59-61-63-65-67-74(77)83-72(71-82-84(78,79)81-69-68-75(3,4)5)70-80-73(76)66-64-62-60-58-56-54-52-50-48-46-27-25-23-21-19-17-15-13-11-9-7-2/h8,10,14,16,19-22,25-28,30-31,33-34,36-37,39-40,42-43,45,47-48,50,72H,6-7,9,11-13,15,17-18,23-24,29,32,35,38,41,44,46,49,51-71H2,1-5H3/b10-8-,16-14-,21-19-,22-20-,27-25-,28-26-,31-30-,34-33-,37-36-,40-39-,43-42-,47-45-,50-48-. The molecule has 0 aliphatic carbocycles. The number of phosphoric ester groups is 1. The van der Waals surface area contributed by atoms with Crippen LogP contribution in [-0.2, 0) is 32.7 Å². The van der Waals surface area contributed by atoms with E-state index in [-0.39, 0.29) is 26.1 Å². The van der Waals surface area contributed by atoms with Crippen LogP contribution in [0.3, 0.4) is 0 Å². The van der Waals surface area contributed by atoms with Crippen LogP contribution in [0.2, 0.25) is 0 Å². The fourth-order valence-corrected chi connectivity index (χ4v) is 9.18. The predicted octanol–water partition coefficient (Wildman–Crippen LogP) is 21.0. The van der Waals surface area contributed by atoms with E-state index in [9.17, 15) is 19.0 Å². The molecule has 0 spiro atoms. The highest BCUT2D eigenvalue weighted by Gasteiger charge is 2.22. The van der Waals surface area contributed by atoms with E-state index in [1.54, 1.807) is 0 Å². The van der Waals surface area contributed by atoms with Crippen molar-refractivity contribution < 1.29 is 42.1 Å². The molecule has 84 heavy (non-hydrogen) atoms. The summed E-state index contributed by atoms with van der Waals surface area (Å²) in [6, 6.07) is 0. The molecule has 0 heterocycles. The maximum Gasteiger partial charge on any atom is 0.306 e. The molecule has 0 saturated heterocycles. The van der Waals surface area contributed by atoms with Crippen LogP contribution >= 0.6 is 7.82 Å². The average Bonchev–Trinajstić information content (AvgIpc) is 3.61. The number of carbonyl (C=O) groups excluding carboxylic acids is 2. The van der Waals surface area contributed by atoms with Gasteiger partial charge in [-0.2, -0.15) is 0 Å². The quantitative estimate of drug-likeness (QED) is 0.0195. The van der Waals surface area contributed by atoms with Crippen molar-refractivity contribution in [3.63, 3.8) is 0 Å². The van der Waals surface area contributed by atoms with Gasteiger partial charge in [0, 0.05) is 12.8 Å². The van der Waals surface area contributed by atoms with Gasteiger partial charge in [-0.25, -0.2) is 0 Å². The zero-order valence-electron chi connectivity index (χ0n) is 54.0. The highest BCUT2D eigenvalue weighted by atomic mass is 31.2. The van der Waals surface area contributed by atoms with Crippen molar-refractivity contribution in [2.75, 3.05) is 47.5 Å². The van der Waals surface area contributed by atoms with Crippen LogP contribution in [0.4, 0.5) is 0 Å². The third kappa shape index (κ3) is 66.8. The Morgan fingerprint density at radius 3 is 1.01 bits per heavy atom. The van der Waals surface area contributed by atoms with Crippen molar-refractivity contribution >= 4 is 19.8 Å². The second-order valence-electron chi connectivity index (χ2n) is 22.7. The number of carbonyl (C=O) groups is 2. The molecule has 0 N–H and O–H groups in total. The summed E-state index contributed by atoms with van der Waals surface area (Å²) in [5.74, 6) is -0.866. The second kappa shape index (κ2) is 63.1. The van der Waals surface area contributed by atoms with Gasteiger partial charge >= 0.3 is 11.9 Å². The molecule has 9 nitrogen and oxygen atoms in total. The molecule has 0 fully saturated rings. The van der Waals surface area contributed by atoms with E-state index < -0.39 is 32.5 Å². The Balaban J connectivity index is 4.17. The molecule has 0 bridgehead atoms. The van der Waals surface area contributed by atoms with E-state index in [4.69, 9.17) is 18.5 Å². The van der Waals surface area contributed by atoms with Gasteiger partial charge < -0.3 is 27.9 Å². The summed E-state index contributed by atoms with van der Waals surface area (Å²) in [7, 11) is 1.13. The molecule has 0 amide bonds. The molecular formula is C74H122NO8P. The highest BCUT2D eigenvalue weighted by molar-refractivity contribution is 7.45. The summed E-state index contributed by atoms with van der Waals surface area (Å²) in [6.07, 6.45) is 94.4. The van der Waals surface area contributed by atoms with Gasteiger partial charge in [-0.15, -0.1) is 0 Å². The van der Waals surface area contributed by atoms with E-state index in [1.165, 1.54) is 64.2 Å². The second-order valence-corrected chi connectivity index (χ2v) is 24.2. The van der Waals surface area contributed by atoms with Crippen molar-refractivity contribution in [3.8, 4) is 0 Å². The lowest BCUT2D eigenvalue weighted by atomic mass is 10.1. The lowest BCUT2D eigenvalue weighted by Gasteiger charge is -2.28. The fraction of sp³-hybridized carbons (Fsp3) is 0.622. The number of hydrogen-bond donors (Lipinski definition) is 0. The molecule has 0 aliphatic rings. The monoisotopic (exact) mass is 1180 g/mol. The smallest absolute Gasteiger partial charge is 0.306 e. The normalized spacial score (nSPS) is 14.2. The number of nitrogens with zero attached hydrogens (tertiary/aromatic N) is 1. The topological polar surface area (TPSA) is 111 Å². The van der Waals surface area contributed by atoms with Crippen LogP contribution < -0.4 is 4.89 Å². The first-order valence-corrected chi connectivity index (χ1v) is 34.7. The molecule has 2 unspecified atom stereocenters. The summed E-state index contributed by atoms with van der Waals surface area (Å²) in [4.78, 5) is 38.0. The van der Waals surface area contributed by atoms with E-state index >= 15 is 0 Å². The first-order chi connectivity index (χ1) is 41.0. The number of likely N-dealkylation sites (N-methyl/N-ethyl adjacent to an activating group) is 1. The number of rotatable bonds is 59. The van der Waals surface area contributed by atoms with Crippen LogP contribution in [0, 0.1) is 0 Å². The largest absolute Gasteiger partial charge is 0.756 e. The Kier molecular flexibility index (Phi) is 59.9. The lowest BCUT2D eigenvalue weighted by molar-refractivity contribution is -0.870. The summed E-state index contributed by atoms with van der Waals surface area (Å²) in [6.45, 7) is 4.07. The Bertz CT molecular complexity index is 1970. The maximum absolute atomic E-state index is 12.8. The van der Waals surface area contributed by atoms with Crippen molar-refractivity contribution in [1.29, 1.82) is 0 Å². The summed E-state index contributed by atoms with van der Waals surface area (Å²) in [5, 5.41) is 0. The number of unbranched alkanes of at least 4 members (excludes halogenated alkanes) is 19. The van der Waals surface area contributed by atoms with Crippen LogP contribution in [-0.4, -0.2) is 70.0 Å². The molecule has 0 aromatic rings. The molecule has 0 saturated carbocycles. The molecule has 0 radical (unpaired) electrons. The Labute approximate surface area is 516 Å². The average molecular weight is 1180 g/mol. The number of hydrogen-bond acceptors (Lipinski definition) is 8. The third-order valence-electron chi connectivity index (χ3n) is 13.5. The predicted molar refractivity (Wildman–Crippen MR) is 360 cm³/mol. The molecule has 2 atom stereocenters. The van der Waals surface area contributed by atoms with Crippen LogP contribution in [0.15, 0.2) is 158 Å². The zero-order chi connectivity index (χ0) is 61.2. The molecular weight excluding hydrogens is 1060 g/mol. The van der Waals surface area contributed by atoms with E-state index in [0.717, 1.165) is 141 Å². The van der Waals surface area contributed by atoms with E-state index in [0.29, 0.717) is 23.9 Å². The van der Waals surface area contributed by atoms with Gasteiger partial charge in [0.05, 0.1) is 27.7 Å². The minimum atomic E-state index is -4.66. The van der Waals surface area contributed by atoms with Gasteiger partial charge in [-0.05, 0) is 128 Å². The molecule has 476 valence electrons. The number of esters is 2. The molecule has 0 aliphatic heterocycles. The number of allylic oxidation sites excluding steroid dienone is 26. The van der Waals surface area contributed by atoms with E-state index in [2.05, 4.69) is 172 Å². The van der Waals surface area contributed by atoms with Gasteiger partial charge in [-0.3, -0.25) is 14.2 Å². The van der Waals surface area contributed by atoms with Crippen molar-refractivity contribution in [2.45, 2.75) is 251 Å². The number of quaternary nitrogens is 1. The van der Waals surface area contributed by atoms with Gasteiger partial charge in [0.15, 0.2) is 6.10 Å². The zero-order valence-corrected chi connectivity index (χ0v) is 54.9. The Morgan fingerprint density at radius 1 is 0.381 bits per heavy atom. The van der Waals surface area contributed by atoms with Crippen LogP contribution in [0.5, 0.6) is 0 Å². The minimum absolute atomic E-state index is 0.0431. The Hall–Kier alpha value is -4.37. The van der Waals surface area contributed by atoms with Crippen molar-refractivity contribution in [3.05, 3.63) is 158 Å². The van der Waals surface area contributed by atoms with E-state index in [1.807, 2.05) is 21.1 Å². The molecule has 0 aromatic carbocycles. The van der Waals surface area contributed by atoms with Gasteiger partial charge in [0.1, 0.15) is 19.8 Å². The third-order valence-corrected chi connectivity index (χ3v) is 14.5. The fourth-order valence-electron chi connectivity index (χ4n) is 8.46.